The van der Waals surface area contributed by atoms with Gasteiger partial charge in [0.15, 0.2) is 0 Å². The van der Waals surface area contributed by atoms with Crippen LogP contribution in [-0.2, 0) is 4.79 Å². The number of hydrogen-bond acceptors (Lipinski definition) is 4. The van der Waals surface area contributed by atoms with Crippen molar-refractivity contribution in [2.45, 2.75) is 18.9 Å². The van der Waals surface area contributed by atoms with Crippen LogP contribution in [0.25, 0.3) is 22.3 Å². The largest absolute Gasteiger partial charge is 0.346 e. The zero-order chi connectivity index (χ0) is 15.4. The van der Waals surface area contributed by atoms with Gasteiger partial charge in [-0.15, -0.1) is 0 Å². The number of nitrogens with zero attached hydrogens (tertiary/aromatic N) is 5. The minimum absolute atomic E-state index is 0.273. The molecule has 2 fully saturated rings. The normalized spacial score (nSPS) is 18.3. The van der Waals surface area contributed by atoms with Crippen LogP contribution in [0.5, 0.6) is 0 Å². The molecule has 1 N–H and O–H groups in total. The summed E-state index contributed by atoms with van der Waals surface area (Å²) in [6.45, 7) is 1.53. The number of aromatic amines is 1. The zero-order valence-electron chi connectivity index (χ0n) is 12.5. The second-order valence-corrected chi connectivity index (χ2v) is 6.34. The standard InChI is InChI=1S/C16H16N6O/c23-16(10-1-2-10)21-7-12(8-21)22-6-11(5-20-22)14-13-3-4-17-15(13)19-9-18-14/h3-6,9-10,12H,1-2,7-8H2,(H,17,18,19). The Labute approximate surface area is 132 Å². The van der Waals surface area contributed by atoms with E-state index >= 15 is 0 Å². The van der Waals surface area contributed by atoms with Crippen molar-refractivity contribution in [2.24, 2.45) is 5.92 Å². The molecule has 116 valence electrons. The molecule has 1 aliphatic carbocycles. The van der Waals surface area contributed by atoms with Crippen molar-refractivity contribution in [3.8, 4) is 11.3 Å². The van der Waals surface area contributed by atoms with E-state index in [2.05, 4.69) is 20.1 Å². The number of nitrogens with one attached hydrogen (secondary N) is 1. The molecule has 3 aromatic rings. The summed E-state index contributed by atoms with van der Waals surface area (Å²) in [6.07, 6.45) is 9.39. The molecule has 1 aliphatic heterocycles. The van der Waals surface area contributed by atoms with Gasteiger partial charge in [0, 0.05) is 42.4 Å². The Morgan fingerprint density at radius 3 is 2.96 bits per heavy atom. The maximum absolute atomic E-state index is 12.0. The van der Waals surface area contributed by atoms with Crippen LogP contribution >= 0.6 is 0 Å². The Balaban J connectivity index is 1.37. The highest BCUT2D eigenvalue weighted by molar-refractivity contribution is 5.90. The molecule has 0 spiro atoms. The summed E-state index contributed by atoms with van der Waals surface area (Å²) in [4.78, 5) is 25.6. The lowest BCUT2D eigenvalue weighted by atomic mass is 10.1. The molecule has 5 rings (SSSR count). The lowest BCUT2D eigenvalue weighted by Crippen LogP contribution is -2.51. The molecule has 0 bridgehead atoms. The van der Waals surface area contributed by atoms with E-state index < -0.39 is 0 Å². The first-order valence-corrected chi connectivity index (χ1v) is 7.91. The fourth-order valence-electron chi connectivity index (χ4n) is 3.15. The Hall–Kier alpha value is -2.70. The third-order valence-electron chi connectivity index (χ3n) is 4.70. The Morgan fingerprint density at radius 1 is 1.26 bits per heavy atom. The summed E-state index contributed by atoms with van der Waals surface area (Å²) in [7, 11) is 0. The zero-order valence-corrected chi connectivity index (χ0v) is 12.5. The van der Waals surface area contributed by atoms with Gasteiger partial charge in [0.1, 0.15) is 12.0 Å². The fraction of sp³-hybridized carbons (Fsp3) is 0.375. The first-order chi connectivity index (χ1) is 11.3. The van der Waals surface area contributed by atoms with Crippen LogP contribution < -0.4 is 0 Å². The van der Waals surface area contributed by atoms with Gasteiger partial charge in [0.05, 0.1) is 17.9 Å². The average Bonchev–Trinajstić information content (AvgIpc) is 3.06. The monoisotopic (exact) mass is 308 g/mol. The number of likely N-dealkylation sites (tertiary alicyclic amines) is 1. The van der Waals surface area contributed by atoms with Crippen LogP contribution in [0, 0.1) is 5.92 Å². The molecule has 4 heterocycles. The number of H-pyrrole nitrogens is 1. The predicted molar refractivity (Wildman–Crippen MR) is 83.5 cm³/mol. The second-order valence-electron chi connectivity index (χ2n) is 6.34. The maximum atomic E-state index is 12.0. The molecule has 1 saturated heterocycles. The summed E-state index contributed by atoms with van der Waals surface area (Å²) in [5.74, 6) is 0.616. The van der Waals surface area contributed by atoms with Crippen LogP contribution in [0.3, 0.4) is 0 Å². The number of carbonyl (C=O) groups excluding carboxylic acids is 1. The molecule has 3 aromatic heterocycles. The van der Waals surface area contributed by atoms with Crippen LogP contribution in [0.15, 0.2) is 31.0 Å². The van der Waals surface area contributed by atoms with E-state index in [9.17, 15) is 4.79 Å². The lowest BCUT2D eigenvalue weighted by Gasteiger charge is -2.39. The predicted octanol–water partition coefficient (Wildman–Crippen LogP) is 1.61. The van der Waals surface area contributed by atoms with Gasteiger partial charge in [-0.2, -0.15) is 5.10 Å². The van der Waals surface area contributed by atoms with Crippen molar-refractivity contribution in [1.29, 1.82) is 0 Å². The van der Waals surface area contributed by atoms with E-state index in [1.807, 2.05) is 34.2 Å². The molecule has 23 heavy (non-hydrogen) atoms. The van der Waals surface area contributed by atoms with Crippen molar-refractivity contribution < 1.29 is 4.79 Å². The Bertz CT molecular complexity index is 887. The van der Waals surface area contributed by atoms with Gasteiger partial charge < -0.3 is 9.88 Å². The maximum Gasteiger partial charge on any atom is 0.225 e. The van der Waals surface area contributed by atoms with Gasteiger partial charge in [-0.25, -0.2) is 9.97 Å². The minimum Gasteiger partial charge on any atom is -0.346 e. The van der Waals surface area contributed by atoms with E-state index in [1.165, 1.54) is 0 Å². The van der Waals surface area contributed by atoms with Crippen molar-refractivity contribution in [3.05, 3.63) is 31.0 Å². The van der Waals surface area contributed by atoms with Crippen LogP contribution in [0.4, 0.5) is 0 Å². The van der Waals surface area contributed by atoms with Gasteiger partial charge in [0.2, 0.25) is 5.91 Å². The van der Waals surface area contributed by atoms with Crippen LogP contribution in [0.2, 0.25) is 0 Å². The van der Waals surface area contributed by atoms with E-state index in [-0.39, 0.29) is 6.04 Å². The number of rotatable bonds is 3. The smallest absolute Gasteiger partial charge is 0.225 e. The van der Waals surface area contributed by atoms with E-state index in [0.29, 0.717) is 11.8 Å². The van der Waals surface area contributed by atoms with Crippen molar-refractivity contribution in [1.82, 2.24) is 29.6 Å². The van der Waals surface area contributed by atoms with Crippen LogP contribution in [0.1, 0.15) is 18.9 Å². The molecule has 0 aromatic carbocycles. The van der Waals surface area contributed by atoms with Gasteiger partial charge in [-0.1, -0.05) is 0 Å². The number of carbonyl (C=O) groups is 1. The molecule has 0 atom stereocenters. The van der Waals surface area contributed by atoms with E-state index in [1.54, 1.807) is 6.33 Å². The molecule has 7 nitrogen and oxygen atoms in total. The quantitative estimate of drug-likeness (QED) is 0.797. The summed E-state index contributed by atoms with van der Waals surface area (Å²) < 4.78 is 1.95. The fourth-order valence-corrected chi connectivity index (χ4v) is 3.15. The molecule has 7 heteroatoms. The molecular weight excluding hydrogens is 292 g/mol. The molecule has 1 amide bonds. The molecule has 1 saturated carbocycles. The molecule has 0 unspecified atom stereocenters. The van der Waals surface area contributed by atoms with Crippen molar-refractivity contribution >= 4 is 16.9 Å². The lowest BCUT2D eigenvalue weighted by molar-refractivity contribution is -0.138. The molecule has 2 aliphatic rings. The SMILES string of the molecule is O=C(C1CC1)N1CC(n2cc(-c3ncnc4[nH]ccc34)cn2)C1. The highest BCUT2D eigenvalue weighted by Gasteiger charge is 2.40. The van der Waals surface area contributed by atoms with Gasteiger partial charge >= 0.3 is 0 Å². The third kappa shape index (κ3) is 2.03. The number of amides is 1. The highest BCUT2D eigenvalue weighted by atomic mass is 16.2. The number of hydrogen-bond donors (Lipinski definition) is 1. The topological polar surface area (TPSA) is 79.7 Å². The highest BCUT2D eigenvalue weighted by Crippen LogP contribution is 2.34. The third-order valence-corrected chi connectivity index (χ3v) is 4.70. The van der Waals surface area contributed by atoms with Crippen molar-refractivity contribution in [2.75, 3.05) is 13.1 Å². The first-order valence-electron chi connectivity index (χ1n) is 7.91. The summed E-state index contributed by atoms with van der Waals surface area (Å²) in [6, 6.07) is 2.25. The summed E-state index contributed by atoms with van der Waals surface area (Å²) >= 11 is 0. The second kappa shape index (κ2) is 4.65. The van der Waals surface area contributed by atoms with Gasteiger partial charge in [-0.05, 0) is 18.9 Å². The minimum atomic E-state index is 0.273. The van der Waals surface area contributed by atoms with Gasteiger partial charge in [0.25, 0.3) is 0 Å². The summed E-state index contributed by atoms with van der Waals surface area (Å²) in [5.41, 5.74) is 2.68. The first kappa shape index (κ1) is 12.8. The van der Waals surface area contributed by atoms with Crippen LogP contribution in [-0.4, -0.2) is 48.6 Å². The molecule has 0 radical (unpaired) electrons. The Morgan fingerprint density at radius 2 is 2.13 bits per heavy atom. The van der Waals surface area contributed by atoms with Gasteiger partial charge in [-0.3, -0.25) is 9.48 Å². The summed E-state index contributed by atoms with van der Waals surface area (Å²) in [5, 5.41) is 5.46. The van der Waals surface area contributed by atoms with E-state index in [4.69, 9.17) is 0 Å². The van der Waals surface area contributed by atoms with E-state index in [0.717, 1.165) is 48.2 Å². The van der Waals surface area contributed by atoms with Crippen molar-refractivity contribution in [3.63, 3.8) is 0 Å². The average molecular weight is 308 g/mol. The Kier molecular flexibility index (Phi) is 2.59. The number of aromatic nitrogens is 5. The molecular formula is C16H16N6O. The number of fused-ring (bicyclic) bond motifs is 1.